The van der Waals surface area contributed by atoms with Crippen LogP contribution in [0.2, 0.25) is 0 Å². The van der Waals surface area contributed by atoms with Crippen LogP contribution in [0.3, 0.4) is 0 Å². The number of hydrogen-bond acceptors (Lipinski definition) is 3. The summed E-state index contributed by atoms with van der Waals surface area (Å²) in [6.45, 7) is 6.30. The summed E-state index contributed by atoms with van der Waals surface area (Å²) in [5, 5.41) is 3.97. The number of hydrazone groups is 1. The average Bonchev–Trinajstić information content (AvgIpc) is 2.60. The van der Waals surface area contributed by atoms with Crippen LogP contribution in [0, 0.1) is 0 Å². The number of aryl methyl sites for hydroxylation is 1. The third-order valence-electron chi connectivity index (χ3n) is 3.72. The Morgan fingerprint density at radius 1 is 1.17 bits per heavy atom. The third-order valence-corrected chi connectivity index (χ3v) is 3.72. The number of amides is 1. The second-order valence-electron chi connectivity index (χ2n) is 5.86. The normalized spacial score (nSPS) is 11.0. The van der Waals surface area contributed by atoms with Gasteiger partial charge >= 0.3 is 0 Å². The zero-order valence-corrected chi connectivity index (χ0v) is 14.5. The van der Waals surface area contributed by atoms with Crippen molar-refractivity contribution < 1.29 is 9.53 Å². The summed E-state index contributed by atoms with van der Waals surface area (Å²) < 4.78 is 5.55. The second kappa shape index (κ2) is 8.87. The van der Waals surface area contributed by atoms with Crippen molar-refractivity contribution in [2.24, 2.45) is 5.10 Å². The van der Waals surface area contributed by atoms with Crippen LogP contribution in [0.5, 0.6) is 5.75 Å². The molecule has 2 aromatic carbocycles. The van der Waals surface area contributed by atoms with E-state index in [0.717, 1.165) is 23.3 Å². The molecule has 24 heavy (non-hydrogen) atoms. The molecule has 4 heteroatoms. The molecule has 126 valence electrons. The Kier molecular flexibility index (Phi) is 6.55. The van der Waals surface area contributed by atoms with Gasteiger partial charge in [-0.05, 0) is 35.1 Å². The second-order valence-corrected chi connectivity index (χ2v) is 5.86. The summed E-state index contributed by atoms with van der Waals surface area (Å²) in [5.41, 5.74) is 5.78. The maximum Gasteiger partial charge on any atom is 0.277 e. The van der Waals surface area contributed by atoms with Gasteiger partial charge in [-0.25, -0.2) is 5.43 Å². The first-order chi connectivity index (χ1) is 11.6. The van der Waals surface area contributed by atoms with Crippen molar-refractivity contribution in [1.82, 2.24) is 5.43 Å². The van der Waals surface area contributed by atoms with Gasteiger partial charge in [0.2, 0.25) is 0 Å². The van der Waals surface area contributed by atoms with Crippen molar-refractivity contribution in [2.45, 2.75) is 33.1 Å². The fraction of sp³-hybridized carbons (Fsp3) is 0.300. The van der Waals surface area contributed by atoms with Crippen LogP contribution in [-0.4, -0.2) is 18.7 Å². The van der Waals surface area contributed by atoms with Gasteiger partial charge in [0, 0.05) is 0 Å². The number of carbonyl (C=O) groups is 1. The molecular weight excluding hydrogens is 300 g/mol. The highest BCUT2D eigenvalue weighted by Crippen LogP contribution is 2.18. The molecule has 0 bridgehead atoms. The monoisotopic (exact) mass is 324 g/mol. The Bertz CT molecular complexity index is 691. The summed E-state index contributed by atoms with van der Waals surface area (Å²) >= 11 is 0. The lowest BCUT2D eigenvalue weighted by atomic mass is 10.0. The van der Waals surface area contributed by atoms with Crippen molar-refractivity contribution in [2.75, 3.05) is 6.61 Å². The van der Waals surface area contributed by atoms with Gasteiger partial charge in [-0.15, -0.1) is 0 Å². The predicted molar refractivity (Wildman–Crippen MR) is 97.6 cm³/mol. The maximum absolute atomic E-state index is 11.8. The molecule has 0 aliphatic heterocycles. The fourth-order valence-electron chi connectivity index (χ4n) is 2.26. The lowest BCUT2D eigenvalue weighted by Crippen LogP contribution is -2.24. The van der Waals surface area contributed by atoms with Crippen LogP contribution >= 0.6 is 0 Å². The van der Waals surface area contributed by atoms with E-state index in [9.17, 15) is 4.79 Å². The summed E-state index contributed by atoms with van der Waals surface area (Å²) in [6, 6.07) is 15.8. The lowest BCUT2D eigenvalue weighted by Gasteiger charge is -2.09. The van der Waals surface area contributed by atoms with Gasteiger partial charge < -0.3 is 4.74 Å². The van der Waals surface area contributed by atoms with Crippen LogP contribution in [0.15, 0.2) is 53.6 Å². The first-order valence-corrected chi connectivity index (χ1v) is 8.22. The molecule has 0 saturated heterocycles. The van der Waals surface area contributed by atoms with E-state index in [1.807, 2.05) is 36.4 Å². The summed E-state index contributed by atoms with van der Waals surface area (Å²) in [5.74, 6) is 0.957. The smallest absolute Gasteiger partial charge is 0.277 e. The van der Waals surface area contributed by atoms with Crippen molar-refractivity contribution in [3.8, 4) is 5.75 Å². The highest BCUT2D eigenvalue weighted by molar-refractivity contribution is 5.82. The van der Waals surface area contributed by atoms with Crippen LogP contribution < -0.4 is 10.2 Å². The summed E-state index contributed by atoms with van der Waals surface area (Å²) in [7, 11) is 0. The van der Waals surface area contributed by atoms with Crippen LogP contribution in [0.1, 0.15) is 43.4 Å². The number of nitrogens with one attached hydrogen (secondary N) is 1. The standard InChI is InChI=1S/C20H24N2O2/c1-4-17-7-5-6-8-19(17)24-14-20(23)22-21-13-16-9-11-18(12-10-16)15(2)3/h5-13,15H,4,14H2,1-3H3,(H,22,23). The molecule has 0 saturated carbocycles. The fourth-order valence-corrected chi connectivity index (χ4v) is 2.26. The number of rotatable bonds is 7. The third kappa shape index (κ3) is 5.23. The SMILES string of the molecule is CCc1ccccc1OCC(=O)NN=Cc1ccc(C(C)C)cc1. The van der Waals surface area contributed by atoms with Gasteiger partial charge in [0.15, 0.2) is 6.61 Å². The van der Waals surface area contributed by atoms with E-state index in [1.165, 1.54) is 5.56 Å². The average molecular weight is 324 g/mol. The molecule has 4 nitrogen and oxygen atoms in total. The molecule has 0 aliphatic rings. The molecule has 2 aromatic rings. The zero-order chi connectivity index (χ0) is 17.4. The van der Waals surface area contributed by atoms with E-state index in [0.29, 0.717) is 5.92 Å². The Hall–Kier alpha value is -2.62. The number of hydrogen-bond donors (Lipinski definition) is 1. The molecule has 0 atom stereocenters. The maximum atomic E-state index is 11.8. The molecule has 0 heterocycles. The summed E-state index contributed by atoms with van der Waals surface area (Å²) in [4.78, 5) is 11.8. The van der Waals surface area contributed by atoms with Crippen molar-refractivity contribution in [3.05, 3.63) is 65.2 Å². The van der Waals surface area contributed by atoms with E-state index in [1.54, 1.807) is 6.21 Å². The predicted octanol–water partition coefficient (Wildman–Crippen LogP) is 3.90. The Morgan fingerprint density at radius 3 is 2.54 bits per heavy atom. The Balaban J connectivity index is 1.82. The van der Waals surface area contributed by atoms with Crippen molar-refractivity contribution >= 4 is 12.1 Å². The molecule has 1 N–H and O–H groups in total. The van der Waals surface area contributed by atoms with Gasteiger partial charge in [-0.3, -0.25) is 4.79 Å². The van der Waals surface area contributed by atoms with E-state index in [-0.39, 0.29) is 12.5 Å². The first-order valence-electron chi connectivity index (χ1n) is 8.22. The number of para-hydroxylation sites is 1. The molecule has 0 fully saturated rings. The van der Waals surface area contributed by atoms with Crippen LogP contribution in [0.4, 0.5) is 0 Å². The number of carbonyl (C=O) groups excluding carboxylic acids is 1. The lowest BCUT2D eigenvalue weighted by molar-refractivity contribution is -0.123. The topological polar surface area (TPSA) is 50.7 Å². The van der Waals surface area contributed by atoms with Gasteiger partial charge in [0.05, 0.1) is 6.21 Å². The Morgan fingerprint density at radius 2 is 1.88 bits per heavy atom. The van der Waals surface area contributed by atoms with E-state index >= 15 is 0 Å². The van der Waals surface area contributed by atoms with Crippen LogP contribution in [-0.2, 0) is 11.2 Å². The first kappa shape index (κ1) is 17.7. The molecule has 0 aromatic heterocycles. The number of benzene rings is 2. The number of ether oxygens (including phenoxy) is 1. The van der Waals surface area contributed by atoms with Gasteiger partial charge in [0.25, 0.3) is 5.91 Å². The summed E-state index contributed by atoms with van der Waals surface area (Å²) in [6.07, 6.45) is 2.49. The van der Waals surface area contributed by atoms with Crippen molar-refractivity contribution in [3.63, 3.8) is 0 Å². The van der Waals surface area contributed by atoms with E-state index in [2.05, 4.69) is 43.4 Å². The molecule has 0 unspecified atom stereocenters. The molecule has 1 amide bonds. The molecule has 0 radical (unpaired) electrons. The number of nitrogens with zero attached hydrogens (tertiary/aromatic N) is 1. The van der Waals surface area contributed by atoms with Gasteiger partial charge in [0.1, 0.15) is 5.75 Å². The molecular formula is C20H24N2O2. The van der Waals surface area contributed by atoms with Crippen LogP contribution in [0.25, 0.3) is 0 Å². The van der Waals surface area contributed by atoms with E-state index in [4.69, 9.17) is 4.74 Å². The highest BCUT2D eigenvalue weighted by atomic mass is 16.5. The largest absolute Gasteiger partial charge is 0.483 e. The quantitative estimate of drug-likeness (QED) is 0.620. The van der Waals surface area contributed by atoms with Gasteiger partial charge in [-0.2, -0.15) is 5.10 Å². The molecule has 0 spiro atoms. The van der Waals surface area contributed by atoms with Gasteiger partial charge in [-0.1, -0.05) is 63.2 Å². The molecule has 2 rings (SSSR count). The zero-order valence-electron chi connectivity index (χ0n) is 14.5. The minimum absolute atomic E-state index is 0.0549. The Labute approximate surface area is 143 Å². The highest BCUT2D eigenvalue weighted by Gasteiger charge is 2.04. The minimum Gasteiger partial charge on any atom is -0.483 e. The van der Waals surface area contributed by atoms with E-state index < -0.39 is 0 Å². The molecule has 0 aliphatic carbocycles. The van der Waals surface area contributed by atoms with Crippen molar-refractivity contribution in [1.29, 1.82) is 0 Å². The minimum atomic E-state index is -0.282.